The molecule has 0 bridgehead atoms. The number of aryl methyl sites for hydroxylation is 1. The molecule has 136 valence electrons. The van der Waals surface area contributed by atoms with Gasteiger partial charge in [0.05, 0.1) is 16.8 Å². The van der Waals surface area contributed by atoms with Crippen molar-refractivity contribution in [1.29, 1.82) is 0 Å². The number of hydrogen-bond donors (Lipinski definition) is 0. The number of benzene rings is 1. The molecule has 0 radical (unpaired) electrons. The zero-order valence-corrected chi connectivity index (χ0v) is 16.2. The highest BCUT2D eigenvalue weighted by atomic mass is 32.2. The highest BCUT2D eigenvalue weighted by molar-refractivity contribution is 7.99. The fourth-order valence-electron chi connectivity index (χ4n) is 2.36. The van der Waals surface area contributed by atoms with Crippen molar-refractivity contribution in [3.63, 3.8) is 0 Å². The Hall–Kier alpha value is -2.02. The molecule has 1 heterocycles. The first-order valence-electron chi connectivity index (χ1n) is 8.25. The number of nitrogens with zero attached hydrogens (tertiary/aromatic N) is 3. The van der Waals surface area contributed by atoms with E-state index in [0.29, 0.717) is 0 Å². The van der Waals surface area contributed by atoms with E-state index in [1.807, 2.05) is 24.3 Å². The molecule has 1 amide bonds. The van der Waals surface area contributed by atoms with E-state index in [4.69, 9.17) is 4.74 Å². The maximum atomic E-state index is 12.3. The first-order chi connectivity index (χ1) is 11.7. The molecule has 1 aromatic carbocycles. The second-order valence-electron chi connectivity index (χ2n) is 6.75. The van der Waals surface area contributed by atoms with Gasteiger partial charge in [0.25, 0.3) is 0 Å². The van der Waals surface area contributed by atoms with Crippen LogP contribution in [0.3, 0.4) is 0 Å². The molecule has 6 nitrogen and oxygen atoms in total. The zero-order valence-electron chi connectivity index (χ0n) is 15.4. The molecule has 0 saturated heterocycles. The summed E-state index contributed by atoms with van der Waals surface area (Å²) in [4.78, 5) is 30.1. The molecule has 0 aliphatic carbocycles. The van der Waals surface area contributed by atoms with Crippen LogP contribution in [0.5, 0.6) is 0 Å². The van der Waals surface area contributed by atoms with Crippen molar-refractivity contribution >= 4 is 34.7 Å². The van der Waals surface area contributed by atoms with Crippen LogP contribution in [0.15, 0.2) is 29.4 Å². The number of thioether (sulfide) groups is 1. The van der Waals surface area contributed by atoms with Gasteiger partial charge in [0, 0.05) is 13.6 Å². The Labute approximate surface area is 152 Å². The standard InChI is InChI=1S/C18H25N3O3S/c1-6-21-14-10-8-7-9-13(14)19-17(21)25-12-15(22)20(5)11-16(23)24-18(2,3)4/h7-10H,6,11-12H2,1-5H3. The van der Waals surface area contributed by atoms with E-state index >= 15 is 0 Å². The number of rotatable bonds is 6. The molecule has 0 spiro atoms. The molecule has 1 aromatic heterocycles. The number of esters is 1. The Morgan fingerprint density at radius 3 is 2.60 bits per heavy atom. The lowest BCUT2D eigenvalue weighted by molar-refractivity contribution is -0.157. The predicted octanol–water partition coefficient (Wildman–Crippen LogP) is 2.95. The minimum absolute atomic E-state index is 0.0547. The highest BCUT2D eigenvalue weighted by Gasteiger charge is 2.20. The molecule has 2 rings (SSSR count). The van der Waals surface area contributed by atoms with Crippen LogP contribution in [0.4, 0.5) is 0 Å². The summed E-state index contributed by atoms with van der Waals surface area (Å²) in [6.07, 6.45) is 0. The zero-order chi connectivity index (χ0) is 18.6. The fourth-order valence-corrected chi connectivity index (χ4v) is 3.38. The third-order valence-electron chi connectivity index (χ3n) is 3.47. The first-order valence-corrected chi connectivity index (χ1v) is 9.23. The Bertz CT molecular complexity index is 765. The maximum absolute atomic E-state index is 12.3. The number of para-hydroxylation sites is 2. The van der Waals surface area contributed by atoms with Crippen LogP contribution in [-0.4, -0.2) is 51.3 Å². The van der Waals surface area contributed by atoms with Crippen LogP contribution in [0.1, 0.15) is 27.7 Å². The van der Waals surface area contributed by atoms with Gasteiger partial charge in [-0.05, 0) is 39.8 Å². The molecular formula is C18H25N3O3S. The fraction of sp³-hybridized carbons (Fsp3) is 0.500. The number of ether oxygens (including phenoxy) is 1. The molecular weight excluding hydrogens is 338 g/mol. The predicted molar refractivity (Wildman–Crippen MR) is 99.6 cm³/mol. The van der Waals surface area contributed by atoms with Crippen molar-refractivity contribution in [3.05, 3.63) is 24.3 Å². The molecule has 0 aliphatic heterocycles. The number of imidazole rings is 1. The Morgan fingerprint density at radius 2 is 1.96 bits per heavy atom. The van der Waals surface area contributed by atoms with Crippen LogP contribution in [0, 0.1) is 0 Å². The summed E-state index contributed by atoms with van der Waals surface area (Å²) in [5.41, 5.74) is 1.42. The Balaban J connectivity index is 1.96. The lowest BCUT2D eigenvalue weighted by Gasteiger charge is -2.22. The van der Waals surface area contributed by atoms with Gasteiger partial charge in [-0.3, -0.25) is 9.59 Å². The van der Waals surface area contributed by atoms with Crippen molar-refractivity contribution in [3.8, 4) is 0 Å². The van der Waals surface area contributed by atoms with Gasteiger partial charge in [-0.1, -0.05) is 23.9 Å². The minimum atomic E-state index is -0.554. The summed E-state index contributed by atoms with van der Waals surface area (Å²) in [6.45, 7) is 8.19. The SMILES string of the molecule is CCn1c(SCC(=O)N(C)CC(=O)OC(C)(C)C)nc2ccccc21. The van der Waals surface area contributed by atoms with E-state index in [1.165, 1.54) is 16.7 Å². The lowest BCUT2D eigenvalue weighted by Crippen LogP contribution is -2.37. The Morgan fingerprint density at radius 1 is 1.28 bits per heavy atom. The van der Waals surface area contributed by atoms with Crippen molar-refractivity contribution in [1.82, 2.24) is 14.5 Å². The van der Waals surface area contributed by atoms with Gasteiger partial charge in [-0.2, -0.15) is 0 Å². The summed E-state index contributed by atoms with van der Waals surface area (Å²) in [6, 6.07) is 7.91. The number of hydrogen-bond acceptors (Lipinski definition) is 5. The largest absolute Gasteiger partial charge is 0.459 e. The average molecular weight is 363 g/mol. The lowest BCUT2D eigenvalue weighted by atomic mass is 10.2. The van der Waals surface area contributed by atoms with E-state index in [9.17, 15) is 9.59 Å². The molecule has 0 saturated carbocycles. The van der Waals surface area contributed by atoms with E-state index < -0.39 is 11.6 Å². The van der Waals surface area contributed by atoms with Crippen LogP contribution in [0.2, 0.25) is 0 Å². The van der Waals surface area contributed by atoms with Crippen LogP contribution in [-0.2, 0) is 20.9 Å². The number of carbonyl (C=O) groups excluding carboxylic acids is 2. The summed E-state index contributed by atoms with van der Waals surface area (Å²) in [7, 11) is 1.61. The molecule has 0 aliphatic rings. The first kappa shape index (κ1) is 19.3. The van der Waals surface area contributed by atoms with E-state index in [1.54, 1.807) is 27.8 Å². The van der Waals surface area contributed by atoms with E-state index in [-0.39, 0.29) is 18.2 Å². The second kappa shape index (κ2) is 7.91. The summed E-state index contributed by atoms with van der Waals surface area (Å²) in [5.74, 6) is -0.317. The number of carbonyl (C=O) groups is 2. The molecule has 25 heavy (non-hydrogen) atoms. The van der Waals surface area contributed by atoms with E-state index in [2.05, 4.69) is 16.5 Å². The summed E-state index contributed by atoms with van der Waals surface area (Å²) < 4.78 is 7.33. The van der Waals surface area contributed by atoms with Crippen LogP contribution in [0.25, 0.3) is 11.0 Å². The smallest absolute Gasteiger partial charge is 0.326 e. The quantitative estimate of drug-likeness (QED) is 0.583. The van der Waals surface area contributed by atoms with Gasteiger partial charge in [-0.15, -0.1) is 0 Å². The Kier molecular flexibility index (Phi) is 6.11. The van der Waals surface area contributed by atoms with Crippen molar-refractivity contribution in [2.24, 2.45) is 0 Å². The van der Waals surface area contributed by atoms with Crippen molar-refractivity contribution in [2.75, 3.05) is 19.3 Å². The summed E-state index contributed by atoms with van der Waals surface area (Å²) in [5, 5.41) is 0.808. The van der Waals surface area contributed by atoms with E-state index in [0.717, 1.165) is 22.7 Å². The third-order valence-corrected chi connectivity index (χ3v) is 4.43. The number of aromatic nitrogens is 2. The molecule has 0 fully saturated rings. The number of fused-ring (bicyclic) bond motifs is 1. The number of amides is 1. The number of likely N-dealkylation sites (N-methyl/N-ethyl adjacent to an activating group) is 1. The van der Waals surface area contributed by atoms with Gasteiger partial charge in [0.15, 0.2) is 5.16 Å². The van der Waals surface area contributed by atoms with Gasteiger partial charge in [0.1, 0.15) is 12.1 Å². The molecule has 0 atom stereocenters. The van der Waals surface area contributed by atoms with Gasteiger partial charge in [-0.25, -0.2) is 4.98 Å². The molecule has 2 aromatic rings. The van der Waals surface area contributed by atoms with Gasteiger partial charge < -0.3 is 14.2 Å². The molecule has 0 unspecified atom stereocenters. The normalized spacial score (nSPS) is 11.6. The minimum Gasteiger partial charge on any atom is -0.459 e. The molecule has 0 N–H and O–H groups in total. The molecule has 7 heteroatoms. The second-order valence-corrected chi connectivity index (χ2v) is 7.69. The monoisotopic (exact) mass is 363 g/mol. The topological polar surface area (TPSA) is 64.4 Å². The van der Waals surface area contributed by atoms with Crippen LogP contribution < -0.4 is 0 Å². The highest BCUT2D eigenvalue weighted by Crippen LogP contribution is 2.24. The van der Waals surface area contributed by atoms with Crippen LogP contribution >= 0.6 is 11.8 Å². The van der Waals surface area contributed by atoms with Crippen molar-refractivity contribution < 1.29 is 14.3 Å². The van der Waals surface area contributed by atoms with Gasteiger partial charge >= 0.3 is 5.97 Å². The maximum Gasteiger partial charge on any atom is 0.326 e. The van der Waals surface area contributed by atoms with Gasteiger partial charge in [0.2, 0.25) is 5.91 Å². The third kappa shape index (κ3) is 5.22. The summed E-state index contributed by atoms with van der Waals surface area (Å²) >= 11 is 1.38. The average Bonchev–Trinajstić information content (AvgIpc) is 2.87. The van der Waals surface area contributed by atoms with Crippen molar-refractivity contribution in [2.45, 2.75) is 45.0 Å².